The van der Waals surface area contributed by atoms with Crippen LogP contribution in [0.5, 0.6) is 0 Å². The maximum atomic E-state index is 14.0. The highest BCUT2D eigenvalue weighted by atomic mass is 35.5. The van der Waals surface area contributed by atoms with Gasteiger partial charge in [-0.05, 0) is 30.9 Å². The summed E-state index contributed by atoms with van der Waals surface area (Å²) in [5.74, 6) is -1.16. The van der Waals surface area contributed by atoms with Crippen molar-refractivity contribution in [1.82, 2.24) is 0 Å². The Morgan fingerprint density at radius 1 is 1.20 bits per heavy atom. The van der Waals surface area contributed by atoms with Crippen LogP contribution in [0, 0.1) is 11.7 Å². The fraction of sp³-hybridized carbons (Fsp3) is 0.538. The van der Waals surface area contributed by atoms with Gasteiger partial charge in [0.2, 0.25) is 0 Å². The van der Waals surface area contributed by atoms with Gasteiger partial charge in [-0.2, -0.15) is 13.2 Å². The summed E-state index contributed by atoms with van der Waals surface area (Å²) in [7, 11) is 0. The quantitative estimate of drug-likeness (QED) is 0.749. The van der Waals surface area contributed by atoms with Crippen LogP contribution in [-0.4, -0.2) is 0 Å². The molecule has 1 saturated carbocycles. The molecule has 7 heteroatoms. The van der Waals surface area contributed by atoms with E-state index in [2.05, 4.69) is 0 Å². The normalized spacial score (nSPS) is 17.9. The molecule has 0 bridgehead atoms. The molecule has 1 aliphatic carbocycles. The lowest BCUT2D eigenvalue weighted by Gasteiger charge is -2.24. The van der Waals surface area contributed by atoms with Gasteiger partial charge in [-0.15, -0.1) is 12.4 Å². The molecule has 1 atom stereocenters. The summed E-state index contributed by atoms with van der Waals surface area (Å²) in [4.78, 5) is 0. The Hall–Kier alpha value is -0.520. The molecule has 1 aromatic rings. The van der Waals surface area contributed by atoms with Crippen molar-refractivity contribution in [2.24, 2.45) is 11.7 Å². The summed E-state index contributed by atoms with van der Waals surface area (Å²) in [5.41, 5.74) is 4.36. The van der Waals surface area contributed by atoms with Crippen molar-refractivity contribution >= 4 is 24.0 Å². The SMILES string of the molecule is Cl.N[C@@H](c1c(C(F)(F)F)ccc(Cl)c1F)C1CCCC1. The molecule has 1 aromatic carbocycles. The van der Waals surface area contributed by atoms with Crippen LogP contribution in [-0.2, 0) is 6.18 Å². The van der Waals surface area contributed by atoms with Gasteiger partial charge >= 0.3 is 6.18 Å². The van der Waals surface area contributed by atoms with Gasteiger partial charge in [0, 0.05) is 11.6 Å². The minimum atomic E-state index is -4.63. The first-order valence-corrected chi connectivity index (χ1v) is 6.51. The van der Waals surface area contributed by atoms with Crippen LogP contribution in [0.15, 0.2) is 12.1 Å². The molecule has 0 unspecified atom stereocenters. The Labute approximate surface area is 125 Å². The molecule has 0 spiro atoms. The topological polar surface area (TPSA) is 26.0 Å². The lowest BCUT2D eigenvalue weighted by Crippen LogP contribution is -2.25. The average Bonchev–Trinajstić information content (AvgIpc) is 2.83. The molecular weight excluding hydrogens is 317 g/mol. The largest absolute Gasteiger partial charge is 0.416 e. The summed E-state index contributed by atoms with van der Waals surface area (Å²) in [6.45, 7) is 0. The molecule has 2 N–H and O–H groups in total. The second kappa shape index (κ2) is 6.50. The lowest BCUT2D eigenvalue weighted by atomic mass is 9.89. The van der Waals surface area contributed by atoms with Crippen LogP contribution < -0.4 is 5.73 Å². The number of rotatable bonds is 2. The first-order chi connectivity index (χ1) is 8.82. The summed E-state index contributed by atoms with van der Waals surface area (Å²) in [6, 6.07) is 0.762. The summed E-state index contributed by atoms with van der Waals surface area (Å²) in [6.07, 6.45) is -1.34. The number of nitrogens with two attached hydrogens (primary N) is 1. The van der Waals surface area contributed by atoms with E-state index in [1.165, 1.54) is 0 Å². The van der Waals surface area contributed by atoms with Gasteiger partial charge < -0.3 is 5.73 Å². The van der Waals surface area contributed by atoms with E-state index in [0.29, 0.717) is 0 Å². The molecular formula is C13H15Cl2F4N. The van der Waals surface area contributed by atoms with Crippen molar-refractivity contribution in [3.8, 4) is 0 Å². The smallest absolute Gasteiger partial charge is 0.324 e. The molecule has 0 aromatic heterocycles. The van der Waals surface area contributed by atoms with Crippen molar-refractivity contribution in [2.75, 3.05) is 0 Å². The molecule has 114 valence electrons. The summed E-state index contributed by atoms with van der Waals surface area (Å²) in [5, 5.41) is -0.323. The van der Waals surface area contributed by atoms with Crippen LogP contribution >= 0.6 is 24.0 Å². The molecule has 0 aliphatic heterocycles. The summed E-state index contributed by atoms with van der Waals surface area (Å²) >= 11 is 5.59. The minimum absolute atomic E-state index is 0. The highest BCUT2D eigenvalue weighted by molar-refractivity contribution is 6.30. The first kappa shape index (κ1) is 17.5. The molecule has 0 amide bonds. The van der Waals surface area contributed by atoms with Crippen LogP contribution in [0.1, 0.15) is 42.9 Å². The number of halogens is 6. The maximum absolute atomic E-state index is 14.0. The van der Waals surface area contributed by atoms with Crippen molar-refractivity contribution in [1.29, 1.82) is 0 Å². The van der Waals surface area contributed by atoms with E-state index in [9.17, 15) is 17.6 Å². The first-order valence-electron chi connectivity index (χ1n) is 6.13. The van der Waals surface area contributed by atoms with E-state index >= 15 is 0 Å². The van der Waals surface area contributed by atoms with Gasteiger partial charge in [0.1, 0.15) is 5.82 Å². The van der Waals surface area contributed by atoms with Gasteiger partial charge in [0.15, 0.2) is 0 Å². The molecule has 20 heavy (non-hydrogen) atoms. The highest BCUT2D eigenvalue weighted by Crippen LogP contribution is 2.42. The third-order valence-corrected chi connectivity index (χ3v) is 3.97. The fourth-order valence-corrected chi connectivity index (χ4v) is 2.86. The van der Waals surface area contributed by atoms with Gasteiger partial charge in [0.25, 0.3) is 0 Å². The molecule has 0 heterocycles. The monoisotopic (exact) mass is 331 g/mol. The Bertz CT molecular complexity index is 470. The molecule has 1 nitrogen and oxygen atoms in total. The van der Waals surface area contributed by atoms with Crippen molar-refractivity contribution in [3.63, 3.8) is 0 Å². The fourth-order valence-electron chi connectivity index (χ4n) is 2.69. The van der Waals surface area contributed by atoms with E-state index in [1.54, 1.807) is 0 Å². The average molecular weight is 332 g/mol. The van der Waals surface area contributed by atoms with E-state index < -0.39 is 29.2 Å². The molecule has 0 radical (unpaired) electrons. The Kier molecular flexibility index (Phi) is 5.70. The van der Waals surface area contributed by atoms with Crippen molar-refractivity contribution in [3.05, 3.63) is 34.1 Å². The van der Waals surface area contributed by atoms with Crippen molar-refractivity contribution in [2.45, 2.75) is 37.9 Å². The zero-order valence-electron chi connectivity index (χ0n) is 10.5. The summed E-state index contributed by atoms with van der Waals surface area (Å²) < 4.78 is 52.8. The van der Waals surface area contributed by atoms with E-state index in [-0.39, 0.29) is 23.3 Å². The third kappa shape index (κ3) is 3.38. The lowest BCUT2D eigenvalue weighted by molar-refractivity contribution is -0.138. The van der Waals surface area contributed by atoms with Gasteiger partial charge in [-0.1, -0.05) is 24.4 Å². The van der Waals surface area contributed by atoms with Crippen LogP contribution in [0.4, 0.5) is 17.6 Å². The predicted molar refractivity (Wildman–Crippen MR) is 72.5 cm³/mol. The van der Waals surface area contributed by atoms with Crippen molar-refractivity contribution < 1.29 is 17.6 Å². The highest BCUT2D eigenvalue weighted by Gasteiger charge is 2.38. The van der Waals surface area contributed by atoms with Crippen LogP contribution in [0.25, 0.3) is 0 Å². The van der Waals surface area contributed by atoms with E-state index in [1.807, 2.05) is 0 Å². The Morgan fingerprint density at radius 3 is 2.25 bits per heavy atom. The number of benzene rings is 1. The van der Waals surface area contributed by atoms with Crippen LogP contribution in [0.3, 0.4) is 0 Å². The minimum Gasteiger partial charge on any atom is -0.324 e. The van der Waals surface area contributed by atoms with Gasteiger partial charge in [-0.3, -0.25) is 0 Å². The molecule has 1 aliphatic rings. The zero-order chi connectivity index (χ0) is 14.2. The number of hydrogen-bond acceptors (Lipinski definition) is 1. The molecule has 2 rings (SSSR count). The third-order valence-electron chi connectivity index (χ3n) is 3.68. The standard InChI is InChI=1S/C13H14ClF4N.ClH/c14-9-6-5-8(13(16,17)18)10(11(9)15)12(19)7-3-1-2-4-7;/h5-7,12H,1-4,19H2;1H/t12-;/m1./s1. The number of hydrogen-bond donors (Lipinski definition) is 1. The predicted octanol–water partition coefficient (Wildman–Crippen LogP) is 5.11. The Morgan fingerprint density at radius 2 is 1.75 bits per heavy atom. The second-order valence-corrected chi connectivity index (χ2v) is 5.30. The van der Waals surface area contributed by atoms with Gasteiger partial charge in [0.05, 0.1) is 10.6 Å². The molecule has 0 saturated heterocycles. The number of alkyl halides is 3. The van der Waals surface area contributed by atoms with Gasteiger partial charge in [-0.25, -0.2) is 4.39 Å². The zero-order valence-corrected chi connectivity index (χ0v) is 12.1. The molecule has 1 fully saturated rings. The van der Waals surface area contributed by atoms with E-state index in [4.69, 9.17) is 17.3 Å². The maximum Gasteiger partial charge on any atom is 0.416 e. The second-order valence-electron chi connectivity index (χ2n) is 4.89. The van der Waals surface area contributed by atoms with E-state index in [0.717, 1.165) is 37.8 Å². The van der Waals surface area contributed by atoms with Crippen LogP contribution in [0.2, 0.25) is 5.02 Å². The Balaban J connectivity index is 0.00000200.